The van der Waals surface area contributed by atoms with E-state index in [0.717, 1.165) is 10.4 Å². The van der Waals surface area contributed by atoms with Crippen molar-refractivity contribution in [3.63, 3.8) is 0 Å². The van der Waals surface area contributed by atoms with Crippen molar-refractivity contribution in [2.45, 2.75) is 61.0 Å². The quantitative estimate of drug-likeness (QED) is 0.815. The second-order valence-corrected chi connectivity index (χ2v) is 9.08. The van der Waals surface area contributed by atoms with E-state index in [1.165, 1.54) is 11.3 Å². The van der Waals surface area contributed by atoms with Crippen molar-refractivity contribution in [1.29, 1.82) is 0 Å². The standard InChI is InChI=1S/C18H27NO5S/c1-10-11(2)25-14(19-16(22)17(3,4)5)13(10)15(21)23-9-12(20)24-18(6,7)8/h9H2,1-8H3,(H,19,22). The van der Waals surface area contributed by atoms with E-state index in [2.05, 4.69) is 5.32 Å². The van der Waals surface area contributed by atoms with E-state index in [4.69, 9.17) is 9.47 Å². The molecular formula is C18H27NO5S. The van der Waals surface area contributed by atoms with E-state index in [1.54, 1.807) is 48.5 Å². The van der Waals surface area contributed by atoms with Gasteiger partial charge in [-0.05, 0) is 40.2 Å². The number of aryl methyl sites for hydroxylation is 1. The molecule has 0 unspecified atom stereocenters. The first kappa shape index (κ1) is 21.2. The first-order chi connectivity index (χ1) is 11.2. The molecule has 0 atom stereocenters. The van der Waals surface area contributed by atoms with Gasteiger partial charge in [0, 0.05) is 10.3 Å². The van der Waals surface area contributed by atoms with Crippen LogP contribution in [0, 0.1) is 19.3 Å². The molecule has 1 aromatic heterocycles. The number of thiophene rings is 1. The van der Waals surface area contributed by atoms with E-state index >= 15 is 0 Å². The predicted molar refractivity (Wildman–Crippen MR) is 98.0 cm³/mol. The lowest BCUT2D eigenvalue weighted by Gasteiger charge is -2.19. The highest BCUT2D eigenvalue weighted by atomic mass is 32.1. The number of amides is 1. The number of carbonyl (C=O) groups excluding carboxylic acids is 3. The van der Waals surface area contributed by atoms with Crippen LogP contribution in [0.2, 0.25) is 0 Å². The van der Waals surface area contributed by atoms with Gasteiger partial charge in [-0.1, -0.05) is 20.8 Å². The van der Waals surface area contributed by atoms with Crippen molar-refractivity contribution in [3.8, 4) is 0 Å². The summed E-state index contributed by atoms with van der Waals surface area (Å²) in [6, 6.07) is 0. The highest BCUT2D eigenvalue weighted by molar-refractivity contribution is 7.16. The minimum atomic E-state index is -0.656. The number of esters is 2. The predicted octanol–water partition coefficient (Wildman–Crippen LogP) is 3.85. The molecule has 0 bridgehead atoms. The van der Waals surface area contributed by atoms with Crippen molar-refractivity contribution < 1.29 is 23.9 Å². The first-order valence-corrected chi connectivity index (χ1v) is 8.84. The Kier molecular flexibility index (Phi) is 6.39. The lowest BCUT2D eigenvalue weighted by Crippen LogP contribution is -2.29. The molecule has 0 saturated heterocycles. The van der Waals surface area contributed by atoms with Gasteiger partial charge in [0.2, 0.25) is 5.91 Å². The summed E-state index contributed by atoms with van der Waals surface area (Å²) in [5.41, 5.74) is -0.236. The molecule has 1 rings (SSSR count). The summed E-state index contributed by atoms with van der Waals surface area (Å²) in [6.45, 7) is 13.7. The molecule has 0 saturated carbocycles. The number of nitrogens with one attached hydrogen (secondary N) is 1. The minimum Gasteiger partial charge on any atom is -0.457 e. The van der Waals surface area contributed by atoms with Gasteiger partial charge in [0.1, 0.15) is 10.6 Å². The molecule has 6 nitrogen and oxygen atoms in total. The van der Waals surface area contributed by atoms with Crippen LogP contribution < -0.4 is 5.32 Å². The summed E-state index contributed by atoms with van der Waals surface area (Å²) < 4.78 is 10.2. The second kappa shape index (κ2) is 7.56. The van der Waals surface area contributed by atoms with Crippen molar-refractivity contribution in [2.24, 2.45) is 5.41 Å². The molecule has 140 valence electrons. The van der Waals surface area contributed by atoms with Gasteiger partial charge in [-0.3, -0.25) is 4.79 Å². The zero-order chi connectivity index (χ0) is 19.6. The van der Waals surface area contributed by atoms with Crippen molar-refractivity contribution in [1.82, 2.24) is 0 Å². The third-order valence-corrected chi connectivity index (χ3v) is 4.36. The molecule has 25 heavy (non-hydrogen) atoms. The van der Waals surface area contributed by atoms with Gasteiger partial charge >= 0.3 is 11.9 Å². The molecule has 0 aliphatic carbocycles. The molecule has 1 aromatic rings. The van der Waals surface area contributed by atoms with Crippen LogP contribution in [0.4, 0.5) is 5.00 Å². The van der Waals surface area contributed by atoms with Crippen molar-refractivity contribution in [2.75, 3.05) is 11.9 Å². The fourth-order valence-electron chi connectivity index (χ4n) is 1.82. The average molecular weight is 369 g/mol. The third kappa shape index (κ3) is 6.16. The number of hydrogen-bond acceptors (Lipinski definition) is 6. The van der Waals surface area contributed by atoms with Crippen LogP contribution in [-0.4, -0.2) is 30.1 Å². The Bertz CT molecular complexity index is 677. The monoisotopic (exact) mass is 369 g/mol. The van der Waals surface area contributed by atoms with Gasteiger partial charge in [0.15, 0.2) is 6.61 Å². The van der Waals surface area contributed by atoms with Gasteiger partial charge in [0.25, 0.3) is 0 Å². The lowest BCUT2D eigenvalue weighted by atomic mass is 9.96. The van der Waals surface area contributed by atoms with Gasteiger partial charge in [-0.2, -0.15) is 0 Å². The highest BCUT2D eigenvalue weighted by Crippen LogP contribution is 2.34. The normalized spacial score (nSPS) is 11.8. The third-order valence-electron chi connectivity index (χ3n) is 3.24. The molecule has 7 heteroatoms. The van der Waals surface area contributed by atoms with E-state index in [-0.39, 0.29) is 11.5 Å². The van der Waals surface area contributed by atoms with Gasteiger partial charge < -0.3 is 14.8 Å². The number of carbonyl (C=O) groups is 3. The van der Waals surface area contributed by atoms with Crippen LogP contribution in [-0.2, 0) is 19.1 Å². The van der Waals surface area contributed by atoms with E-state index in [9.17, 15) is 14.4 Å². The Labute approximate surface area is 152 Å². The zero-order valence-corrected chi connectivity index (χ0v) is 17.0. The van der Waals surface area contributed by atoms with E-state index in [0.29, 0.717) is 5.00 Å². The first-order valence-electron chi connectivity index (χ1n) is 8.03. The summed E-state index contributed by atoms with van der Waals surface area (Å²) in [4.78, 5) is 37.3. The Balaban J connectivity index is 2.91. The van der Waals surface area contributed by atoms with Crippen molar-refractivity contribution >= 4 is 34.2 Å². The summed E-state index contributed by atoms with van der Waals surface area (Å²) in [6.07, 6.45) is 0. The minimum absolute atomic E-state index is 0.199. The van der Waals surface area contributed by atoms with Crippen LogP contribution in [0.25, 0.3) is 0 Å². The highest BCUT2D eigenvalue weighted by Gasteiger charge is 2.27. The van der Waals surface area contributed by atoms with Crippen LogP contribution >= 0.6 is 11.3 Å². The average Bonchev–Trinajstić information content (AvgIpc) is 2.68. The number of rotatable bonds is 4. The smallest absolute Gasteiger partial charge is 0.344 e. The number of ether oxygens (including phenoxy) is 2. The molecule has 0 radical (unpaired) electrons. The largest absolute Gasteiger partial charge is 0.457 e. The van der Waals surface area contributed by atoms with Crippen LogP contribution in [0.15, 0.2) is 0 Å². The Morgan fingerprint density at radius 3 is 2.08 bits per heavy atom. The summed E-state index contributed by atoms with van der Waals surface area (Å²) in [5, 5.41) is 3.22. The molecule has 0 spiro atoms. The Morgan fingerprint density at radius 2 is 1.60 bits per heavy atom. The fourth-order valence-corrected chi connectivity index (χ4v) is 2.86. The SMILES string of the molecule is Cc1sc(NC(=O)C(C)(C)C)c(C(=O)OCC(=O)OC(C)(C)C)c1C. The molecule has 0 aliphatic rings. The van der Waals surface area contributed by atoms with Gasteiger partial charge in [0.05, 0.1) is 5.56 Å². The summed E-state index contributed by atoms with van der Waals surface area (Å²) in [7, 11) is 0. The van der Waals surface area contributed by atoms with Crippen LogP contribution in [0.1, 0.15) is 62.3 Å². The van der Waals surface area contributed by atoms with Gasteiger partial charge in [-0.25, -0.2) is 9.59 Å². The van der Waals surface area contributed by atoms with E-state index in [1.807, 2.05) is 6.92 Å². The van der Waals surface area contributed by atoms with Crippen LogP contribution in [0.5, 0.6) is 0 Å². The Hall–Kier alpha value is -1.89. The molecule has 1 N–H and O–H groups in total. The number of anilines is 1. The van der Waals surface area contributed by atoms with Gasteiger partial charge in [-0.15, -0.1) is 11.3 Å². The summed E-state index contributed by atoms with van der Waals surface area (Å²) >= 11 is 1.31. The second-order valence-electron chi connectivity index (χ2n) is 7.85. The molecule has 0 aliphatic heterocycles. The fraction of sp³-hybridized carbons (Fsp3) is 0.611. The topological polar surface area (TPSA) is 81.7 Å². The maximum atomic E-state index is 12.4. The molecule has 0 aromatic carbocycles. The maximum absolute atomic E-state index is 12.4. The molecule has 1 heterocycles. The molecule has 0 fully saturated rings. The number of hydrogen-bond donors (Lipinski definition) is 1. The Morgan fingerprint density at radius 1 is 1.04 bits per heavy atom. The molecule has 1 amide bonds. The van der Waals surface area contributed by atoms with E-state index < -0.39 is 29.6 Å². The van der Waals surface area contributed by atoms with Crippen molar-refractivity contribution in [3.05, 3.63) is 16.0 Å². The maximum Gasteiger partial charge on any atom is 0.344 e. The van der Waals surface area contributed by atoms with Crippen LogP contribution in [0.3, 0.4) is 0 Å². The summed E-state index contributed by atoms with van der Waals surface area (Å²) in [5.74, 6) is -1.47. The lowest BCUT2D eigenvalue weighted by molar-refractivity contribution is -0.158. The zero-order valence-electron chi connectivity index (χ0n) is 16.2. The molecular weight excluding hydrogens is 342 g/mol.